The zero-order chi connectivity index (χ0) is 22.5. The molecule has 0 fully saturated rings. The smallest absolute Gasteiger partial charge is 0.307 e. The van der Waals surface area contributed by atoms with Crippen LogP contribution >= 0.6 is 0 Å². The quantitative estimate of drug-likeness (QED) is 0.180. The number of nitrogens with two attached hydrogens (primary N) is 2. The number of guanidine groups is 1. The fourth-order valence-corrected chi connectivity index (χ4v) is 3.00. The molecule has 0 aliphatic rings. The summed E-state index contributed by atoms with van der Waals surface area (Å²) in [4.78, 5) is 27.8. The summed E-state index contributed by atoms with van der Waals surface area (Å²) in [5.41, 5.74) is 14.5. The standard InChI is InChI=1S/C21H20N6O4/c22-19(23)14-2-1-13-9-16(4-3-12(13)8-14)25-20(30)15-5-11(7-18(28)29)6-17(10-15)26-21(24)27-31/h1-6,8-10,31H,7H2,(H3,22,23)(H,25,30)(H,28,29)(H3,24,26,27). The minimum Gasteiger partial charge on any atom is -0.481 e. The minimum atomic E-state index is -1.07. The van der Waals surface area contributed by atoms with Crippen LogP contribution in [0.5, 0.6) is 0 Å². The zero-order valence-corrected chi connectivity index (χ0v) is 16.2. The molecule has 9 N–H and O–H groups in total. The van der Waals surface area contributed by atoms with Crippen molar-refractivity contribution in [1.29, 1.82) is 5.41 Å². The molecule has 3 aromatic rings. The van der Waals surface area contributed by atoms with Crippen molar-refractivity contribution in [2.45, 2.75) is 6.42 Å². The maximum Gasteiger partial charge on any atom is 0.307 e. The molecule has 0 heterocycles. The summed E-state index contributed by atoms with van der Waals surface area (Å²) >= 11 is 0. The van der Waals surface area contributed by atoms with Crippen LogP contribution in [0.15, 0.2) is 59.6 Å². The molecule has 3 aromatic carbocycles. The number of hydrogen-bond acceptors (Lipinski definition) is 5. The van der Waals surface area contributed by atoms with Crippen molar-refractivity contribution in [1.82, 2.24) is 5.48 Å². The molecule has 0 saturated heterocycles. The first kappa shape index (κ1) is 21.3. The average Bonchev–Trinajstić information content (AvgIpc) is 2.72. The fourth-order valence-electron chi connectivity index (χ4n) is 3.00. The zero-order valence-electron chi connectivity index (χ0n) is 16.2. The molecule has 0 saturated carbocycles. The van der Waals surface area contributed by atoms with Gasteiger partial charge < -0.3 is 21.9 Å². The van der Waals surface area contributed by atoms with E-state index in [1.54, 1.807) is 41.9 Å². The highest BCUT2D eigenvalue weighted by atomic mass is 16.5. The number of benzene rings is 3. The summed E-state index contributed by atoms with van der Waals surface area (Å²) in [6, 6.07) is 14.9. The molecule has 10 nitrogen and oxygen atoms in total. The number of hydrogen-bond donors (Lipinski definition) is 7. The molecule has 0 unspecified atom stereocenters. The van der Waals surface area contributed by atoms with Crippen molar-refractivity contribution >= 4 is 45.8 Å². The molecule has 158 valence electrons. The molecule has 0 bridgehead atoms. The maximum atomic E-state index is 12.8. The Morgan fingerprint density at radius 2 is 1.68 bits per heavy atom. The van der Waals surface area contributed by atoms with Crippen LogP contribution in [0, 0.1) is 5.41 Å². The molecule has 0 aromatic heterocycles. The largest absolute Gasteiger partial charge is 0.481 e. The van der Waals surface area contributed by atoms with E-state index in [1.807, 2.05) is 0 Å². The number of nitrogens with zero attached hydrogens (tertiary/aromatic N) is 1. The lowest BCUT2D eigenvalue weighted by atomic mass is 10.0. The van der Waals surface area contributed by atoms with Gasteiger partial charge in [0.25, 0.3) is 5.91 Å². The fraction of sp³-hybridized carbons (Fsp3) is 0.0476. The van der Waals surface area contributed by atoms with Crippen LogP contribution in [0.2, 0.25) is 0 Å². The maximum absolute atomic E-state index is 12.8. The van der Waals surface area contributed by atoms with Crippen molar-refractivity contribution in [2.24, 2.45) is 16.5 Å². The molecule has 0 aliphatic carbocycles. The Labute approximate surface area is 176 Å². The number of carbonyl (C=O) groups is 2. The number of fused-ring (bicyclic) bond motifs is 1. The molecule has 31 heavy (non-hydrogen) atoms. The van der Waals surface area contributed by atoms with E-state index in [0.29, 0.717) is 16.8 Å². The van der Waals surface area contributed by atoms with Crippen molar-refractivity contribution in [3.05, 3.63) is 71.3 Å². The normalized spacial score (nSPS) is 11.2. The van der Waals surface area contributed by atoms with Gasteiger partial charge in [0.2, 0.25) is 5.96 Å². The van der Waals surface area contributed by atoms with E-state index in [2.05, 4.69) is 10.3 Å². The lowest BCUT2D eigenvalue weighted by molar-refractivity contribution is -0.136. The van der Waals surface area contributed by atoms with E-state index in [0.717, 1.165) is 10.8 Å². The van der Waals surface area contributed by atoms with Gasteiger partial charge in [0.15, 0.2) is 0 Å². The third-order valence-electron chi connectivity index (χ3n) is 4.37. The number of amidine groups is 1. The highest BCUT2D eigenvalue weighted by Crippen LogP contribution is 2.23. The Kier molecular flexibility index (Phi) is 6.13. The number of aliphatic carboxylic acids is 1. The number of aliphatic imine (C=N–C) groups is 1. The summed E-state index contributed by atoms with van der Waals surface area (Å²) in [5, 5.41) is 29.9. The Hall–Kier alpha value is -4.44. The predicted octanol–water partition coefficient (Wildman–Crippen LogP) is 1.93. The summed E-state index contributed by atoms with van der Waals surface area (Å²) in [5.74, 6) is -1.88. The Morgan fingerprint density at radius 3 is 2.35 bits per heavy atom. The van der Waals surface area contributed by atoms with Crippen LogP contribution in [-0.2, 0) is 11.2 Å². The number of nitrogen functional groups attached to an aromatic ring is 1. The van der Waals surface area contributed by atoms with Crippen molar-refractivity contribution < 1.29 is 19.9 Å². The monoisotopic (exact) mass is 420 g/mol. The molecular formula is C21H20N6O4. The van der Waals surface area contributed by atoms with E-state index >= 15 is 0 Å². The summed E-state index contributed by atoms with van der Waals surface area (Å²) < 4.78 is 0. The van der Waals surface area contributed by atoms with Gasteiger partial charge in [-0.05, 0) is 52.7 Å². The first-order valence-electron chi connectivity index (χ1n) is 9.05. The third kappa shape index (κ3) is 5.34. The predicted molar refractivity (Wildman–Crippen MR) is 117 cm³/mol. The summed E-state index contributed by atoms with van der Waals surface area (Å²) in [6.07, 6.45) is -0.315. The van der Waals surface area contributed by atoms with E-state index in [9.17, 15) is 9.59 Å². The van der Waals surface area contributed by atoms with Crippen LogP contribution in [0.1, 0.15) is 21.5 Å². The highest BCUT2D eigenvalue weighted by molar-refractivity contribution is 6.06. The molecule has 0 radical (unpaired) electrons. The van der Waals surface area contributed by atoms with Gasteiger partial charge in [-0.3, -0.25) is 20.2 Å². The molecule has 0 spiro atoms. The van der Waals surface area contributed by atoms with Crippen molar-refractivity contribution in [3.63, 3.8) is 0 Å². The highest BCUT2D eigenvalue weighted by Gasteiger charge is 2.12. The summed E-state index contributed by atoms with van der Waals surface area (Å²) in [7, 11) is 0. The van der Waals surface area contributed by atoms with Gasteiger partial charge in [-0.1, -0.05) is 18.2 Å². The van der Waals surface area contributed by atoms with Gasteiger partial charge in [0, 0.05) is 16.8 Å². The molecular weight excluding hydrogens is 400 g/mol. The van der Waals surface area contributed by atoms with E-state index in [-0.39, 0.29) is 29.5 Å². The average molecular weight is 420 g/mol. The number of hydroxylamine groups is 1. The SMILES string of the molecule is N=C(N)c1ccc2cc(NC(=O)c3cc(CC(=O)O)cc(N=C(N)NO)c3)ccc2c1. The second-order valence-corrected chi connectivity index (χ2v) is 6.71. The van der Waals surface area contributed by atoms with Crippen LogP contribution in [0.25, 0.3) is 10.8 Å². The number of anilines is 1. The minimum absolute atomic E-state index is 0.0315. The van der Waals surface area contributed by atoms with Gasteiger partial charge >= 0.3 is 5.97 Å². The molecule has 3 rings (SSSR count). The van der Waals surface area contributed by atoms with Gasteiger partial charge in [0.05, 0.1) is 12.1 Å². The van der Waals surface area contributed by atoms with E-state index in [4.69, 9.17) is 27.2 Å². The van der Waals surface area contributed by atoms with Crippen molar-refractivity contribution in [3.8, 4) is 0 Å². The molecule has 0 atom stereocenters. The van der Waals surface area contributed by atoms with E-state index < -0.39 is 11.9 Å². The van der Waals surface area contributed by atoms with Crippen LogP contribution in [0.4, 0.5) is 11.4 Å². The van der Waals surface area contributed by atoms with Crippen molar-refractivity contribution in [2.75, 3.05) is 5.32 Å². The number of carbonyl (C=O) groups excluding carboxylic acids is 1. The first-order valence-corrected chi connectivity index (χ1v) is 9.05. The third-order valence-corrected chi connectivity index (χ3v) is 4.37. The van der Waals surface area contributed by atoms with Gasteiger partial charge in [-0.25, -0.2) is 10.5 Å². The Bertz CT molecular complexity index is 1220. The Morgan fingerprint density at radius 1 is 0.968 bits per heavy atom. The number of rotatable bonds is 6. The number of nitrogens with one attached hydrogen (secondary N) is 3. The van der Waals surface area contributed by atoms with Gasteiger partial charge in [0.1, 0.15) is 5.84 Å². The van der Waals surface area contributed by atoms with Crippen LogP contribution in [-0.4, -0.2) is 34.0 Å². The number of carboxylic acid groups (broad SMARTS) is 1. The van der Waals surface area contributed by atoms with Gasteiger partial charge in [-0.15, -0.1) is 0 Å². The molecule has 0 aliphatic heterocycles. The number of amides is 1. The molecule has 1 amide bonds. The second-order valence-electron chi connectivity index (χ2n) is 6.71. The van der Waals surface area contributed by atoms with Crippen LogP contribution < -0.4 is 22.3 Å². The second kappa shape index (κ2) is 8.93. The lowest BCUT2D eigenvalue weighted by Crippen LogP contribution is -2.27. The van der Waals surface area contributed by atoms with Gasteiger partial charge in [-0.2, -0.15) is 0 Å². The summed E-state index contributed by atoms with van der Waals surface area (Å²) in [6.45, 7) is 0. The Balaban J connectivity index is 1.91. The van der Waals surface area contributed by atoms with Crippen LogP contribution in [0.3, 0.4) is 0 Å². The molecule has 10 heteroatoms. The first-order chi connectivity index (χ1) is 14.7. The topological polar surface area (TPSA) is 187 Å². The number of carboxylic acids is 1. The lowest BCUT2D eigenvalue weighted by Gasteiger charge is -2.10. The van der Waals surface area contributed by atoms with E-state index in [1.165, 1.54) is 18.2 Å².